The molecule has 1 fully saturated rings. The summed E-state index contributed by atoms with van der Waals surface area (Å²) in [5, 5.41) is 0. The van der Waals surface area contributed by atoms with Crippen molar-refractivity contribution < 1.29 is 14.3 Å². The average Bonchev–Trinajstić information content (AvgIpc) is 2.18. The fraction of sp³-hybridized carbons (Fsp3) is 0.700. The van der Waals surface area contributed by atoms with Gasteiger partial charge in [-0.25, -0.2) is 0 Å². The van der Waals surface area contributed by atoms with Crippen molar-refractivity contribution in [1.29, 1.82) is 0 Å². The molecule has 2 bridgehead atoms. The van der Waals surface area contributed by atoms with Gasteiger partial charge in [-0.05, 0) is 19.3 Å². The van der Waals surface area contributed by atoms with Crippen molar-refractivity contribution >= 4 is 5.97 Å². The number of hydrogen-bond donors (Lipinski definition) is 0. The van der Waals surface area contributed by atoms with E-state index in [0.717, 1.165) is 19.3 Å². The quantitative estimate of drug-likeness (QED) is 0.452. The van der Waals surface area contributed by atoms with Crippen molar-refractivity contribution in [3.8, 4) is 0 Å². The summed E-state index contributed by atoms with van der Waals surface area (Å²) in [5.41, 5.74) is 0. The monoisotopic (exact) mass is 182 g/mol. The van der Waals surface area contributed by atoms with E-state index < -0.39 is 0 Å². The lowest BCUT2D eigenvalue weighted by molar-refractivity contribution is -0.158. The number of methoxy groups -OCH3 is 1. The van der Waals surface area contributed by atoms with Gasteiger partial charge in [0.05, 0.1) is 25.2 Å². The molecule has 2 aliphatic heterocycles. The number of hydrogen-bond acceptors (Lipinski definition) is 3. The van der Waals surface area contributed by atoms with Crippen molar-refractivity contribution in [2.75, 3.05) is 7.11 Å². The van der Waals surface area contributed by atoms with Crippen LogP contribution in [0.5, 0.6) is 0 Å². The van der Waals surface area contributed by atoms with Crippen LogP contribution in [0.4, 0.5) is 0 Å². The Morgan fingerprint density at radius 2 is 2.38 bits per heavy atom. The van der Waals surface area contributed by atoms with Gasteiger partial charge in [-0.1, -0.05) is 12.2 Å². The first-order valence-electron chi connectivity index (χ1n) is 4.71. The third-order valence-corrected chi connectivity index (χ3v) is 2.78. The molecule has 0 aromatic carbocycles. The van der Waals surface area contributed by atoms with Gasteiger partial charge < -0.3 is 9.47 Å². The van der Waals surface area contributed by atoms with Crippen LogP contribution in [-0.2, 0) is 14.3 Å². The van der Waals surface area contributed by atoms with E-state index in [1.165, 1.54) is 7.11 Å². The molecule has 3 nitrogen and oxygen atoms in total. The topological polar surface area (TPSA) is 35.5 Å². The molecule has 2 rings (SSSR count). The van der Waals surface area contributed by atoms with Gasteiger partial charge in [0.15, 0.2) is 0 Å². The van der Waals surface area contributed by atoms with Crippen LogP contribution in [0.1, 0.15) is 19.3 Å². The molecule has 0 amide bonds. The average molecular weight is 182 g/mol. The van der Waals surface area contributed by atoms with Gasteiger partial charge in [0.2, 0.25) is 0 Å². The summed E-state index contributed by atoms with van der Waals surface area (Å²) >= 11 is 0. The summed E-state index contributed by atoms with van der Waals surface area (Å²) in [6.45, 7) is 0. The minimum Gasteiger partial charge on any atom is -0.469 e. The van der Waals surface area contributed by atoms with Crippen LogP contribution < -0.4 is 0 Å². The summed E-state index contributed by atoms with van der Waals surface area (Å²) in [6.07, 6.45) is 7.16. The molecule has 0 spiro atoms. The second-order valence-corrected chi connectivity index (χ2v) is 3.58. The Hall–Kier alpha value is -0.830. The van der Waals surface area contributed by atoms with Crippen LogP contribution in [0.3, 0.4) is 0 Å². The summed E-state index contributed by atoms with van der Waals surface area (Å²) in [6, 6.07) is 0. The van der Waals surface area contributed by atoms with Gasteiger partial charge >= 0.3 is 5.97 Å². The van der Waals surface area contributed by atoms with Gasteiger partial charge in [-0.2, -0.15) is 0 Å². The summed E-state index contributed by atoms with van der Waals surface area (Å²) in [4.78, 5) is 11.3. The molecule has 72 valence electrons. The van der Waals surface area contributed by atoms with Crippen molar-refractivity contribution in [2.24, 2.45) is 5.92 Å². The maximum Gasteiger partial charge on any atom is 0.311 e. The highest BCUT2D eigenvalue weighted by Gasteiger charge is 2.36. The van der Waals surface area contributed by atoms with Gasteiger partial charge in [0.25, 0.3) is 0 Å². The first-order valence-corrected chi connectivity index (χ1v) is 4.71. The van der Waals surface area contributed by atoms with Crippen LogP contribution >= 0.6 is 0 Å². The molecule has 2 aliphatic rings. The SMILES string of the molecule is COC(=O)C1CCC2C=CCC1O2. The van der Waals surface area contributed by atoms with E-state index in [-0.39, 0.29) is 24.1 Å². The molecule has 0 radical (unpaired) electrons. The zero-order valence-corrected chi connectivity index (χ0v) is 7.73. The maximum atomic E-state index is 11.3. The van der Waals surface area contributed by atoms with Gasteiger partial charge in [-0.3, -0.25) is 4.79 Å². The number of ether oxygens (including phenoxy) is 2. The summed E-state index contributed by atoms with van der Waals surface area (Å²) in [5.74, 6) is -0.176. The van der Waals surface area contributed by atoms with Crippen LogP contribution in [0.25, 0.3) is 0 Å². The summed E-state index contributed by atoms with van der Waals surface area (Å²) in [7, 11) is 1.44. The number of rotatable bonds is 1. The van der Waals surface area contributed by atoms with Crippen molar-refractivity contribution in [2.45, 2.75) is 31.5 Å². The van der Waals surface area contributed by atoms with Gasteiger partial charge in [-0.15, -0.1) is 0 Å². The summed E-state index contributed by atoms with van der Waals surface area (Å²) < 4.78 is 10.4. The standard InChI is InChI=1S/C10H14O3/c1-12-10(11)8-6-5-7-3-2-4-9(8)13-7/h2-3,7-9H,4-6H2,1H3. The number of carbonyl (C=O) groups is 1. The molecular weight excluding hydrogens is 168 g/mol. The van der Waals surface area contributed by atoms with E-state index in [1.807, 2.05) is 0 Å². The van der Waals surface area contributed by atoms with Crippen LogP contribution in [0.15, 0.2) is 12.2 Å². The molecule has 0 aromatic rings. The van der Waals surface area contributed by atoms with Crippen LogP contribution in [0.2, 0.25) is 0 Å². The third kappa shape index (κ3) is 1.61. The second kappa shape index (κ2) is 3.50. The largest absolute Gasteiger partial charge is 0.469 e. The minimum atomic E-state index is -0.126. The third-order valence-electron chi connectivity index (χ3n) is 2.78. The molecule has 0 aromatic heterocycles. The highest BCUT2D eigenvalue weighted by Crippen LogP contribution is 2.31. The minimum absolute atomic E-state index is 0.0498. The lowest BCUT2D eigenvalue weighted by atomic mass is 9.87. The Labute approximate surface area is 77.7 Å². The molecule has 3 heteroatoms. The van der Waals surface area contributed by atoms with E-state index in [4.69, 9.17) is 9.47 Å². The Bertz CT molecular complexity index is 234. The van der Waals surface area contributed by atoms with Crippen LogP contribution in [-0.4, -0.2) is 25.3 Å². The maximum absolute atomic E-state index is 11.3. The van der Waals surface area contributed by atoms with Crippen molar-refractivity contribution in [3.63, 3.8) is 0 Å². The van der Waals surface area contributed by atoms with Gasteiger partial charge in [0.1, 0.15) is 0 Å². The molecule has 13 heavy (non-hydrogen) atoms. The first kappa shape index (κ1) is 8.75. The molecule has 3 unspecified atom stereocenters. The van der Waals surface area contributed by atoms with Crippen molar-refractivity contribution in [1.82, 2.24) is 0 Å². The molecule has 0 saturated carbocycles. The van der Waals surface area contributed by atoms with E-state index in [0.29, 0.717) is 0 Å². The highest BCUT2D eigenvalue weighted by atomic mass is 16.5. The molecule has 3 atom stereocenters. The zero-order valence-electron chi connectivity index (χ0n) is 7.73. The van der Waals surface area contributed by atoms with Crippen molar-refractivity contribution in [3.05, 3.63) is 12.2 Å². The van der Waals surface area contributed by atoms with E-state index in [9.17, 15) is 4.79 Å². The molecule has 0 N–H and O–H groups in total. The Morgan fingerprint density at radius 1 is 1.54 bits per heavy atom. The number of carbonyl (C=O) groups excluding carboxylic acids is 1. The van der Waals surface area contributed by atoms with E-state index in [1.54, 1.807) is 0 Å². The Balaban J connectivity index is 2.07. The molecule has 0 aliphatic carbocycles. The van der Waals surface area contributed by atoms with E-state index in [2.05, 4.69) is 12.2 Å². The lowest BCUT2D eigenvalue weighted by Crippen LogP contribution is -2.40. The molecule has 1 saturated heterocycles. The van der Waals surface area contributed by atoms with E-state index >= 15 is 0 Å². The Morgan fingerprint density at radius 3 is 3.15 bits per heavy atom. The second-order valence-electron chi connectivity index (χ2n) is 3.58. The van der Waals surface area contributed by atoms with Gasteiger partial charge in [0, 0.05) is 0 Å². The highest BCUT2D eigenvalue weighted by molar-refractivity contribution is 5.73. The zero-order chi connectivity index (χ0) is 9.26. The first-order chi connectivity index (χ1) is 6.31. The normalized spacial score (nSPS) is 37.2. The fourth-order valence-corrected chi connectivity index (χ4v) is 2.06. The predicted molar refractivity (Wildman–Crippen MR) is 47.2 cm³/mol. The lowest BCUT2D eigenvalue weighted by Gasteiger charge is -2.36. The fourth-order valence-electron chi connectivity index (χ4n) is 2.06. The molecule has 2 heterocycles. The number of esters is 1. The number of fused-ring (bicyclic) bond motifs is 2. The smallest absolute Gasteiger partial charge is 0.311 e. The molecular formula is C10H14O3. The van der Waals surface area contributed by atoms with Crippen LogP contribution in [0, 0.1) is 5.92 Å². The Kier molecular flexibility index (Phi) is 2.36. The predicted octanol–water partition coefficient (Wildman–Crippen LogP) is 1.28.